The molecule has 1 aliphatic heterocycles. The van der Waals surface area contributed by atoms with Gasteiger partial charge in [0.2, 0.25) is 0 Å². The molecule has 5 heteroatoms. The van der Waals surface area contributed by atoms with Crippen LogP contribution in [0.3, 0.4) is 0 Å². The highest BCUT2D eigenvalue weighted by Gasteiger charge is 2.23. The Bertz CT molecular complexity index is 827. The van der Waals surface area contributed by atoms with E-state index in [0.717, 1.165) is 17.0 Å². The number of carbonyl (C=O) groups excluding carboxylic acids is 2. The molecule has 134 valence electrons. The van der Waals surface area contributed by atoms with Crippen LogP contribution in [0, 0.1) is 0 Å². The third-order valence-electron chi connectivity index (χ3n) is 4.04. The van der Waals surface area contributed by atoms with E-state index >= 15 is 0 Å². The number of ether oxygens (including phenoxy) is 2. The molecule has 0 fully saturated rings. The Hall–Kier alpha value is -3.08. The molecule has 0 atom stereocenters. The molecule has 26 heavy (non-hydrogen) atoms. The van der Waals surface area contributed by atoms with Crippen LogP contribution in [0.5, 0.6) is 5.75 Å². The summed E-state index contributed by atoms with van der Waals surface area (Å²) in [5.41, 5.74) is 2.00. The van der Waals surface area contributed by atoms with Gasteiger partial charge < -0.3 is 14.4 Å². The Morgan fingerprint density at radius 3 is 2.50 bits per heavy atom. The first-order chi connectivity index (χ1) is 12.6. The Morgan fingerprint density at radius 1 is 1.08 bits per heavy atom. The first-order valence-electron chi connectivity index (χ1n) is 8.53. The fourth-order valence-corrected chi connectivity index (χ4v) is 2.84. The highest BCUT2D eigenvalue weighted by molar-refractivity contribution is 5.99. The molecule has 1 amide bonds. The van der Waals surface area contributed by atoms with Crippen molar-refractivity contribution in [2.75, 3.05) is 18.1 Å². The normalized spacial score (nSPS) is 12.7. The van der Waals surface area contributed by atoms with Crippen molar-refractivity contribution in [2.24, 2.45) is 0 Å². The Morgan fingerprint density at radius 2 is 1.77 bits per heavy atom. The van der Waals surface area contributed by atoms with E-state index in [2.05, 4.69) is 0 Å². The molecular formula is C21H21NO4. The van der Waals surface area contributed by atoms with Crippen molar-refractivity contribution < 1.29 is 19.1 Å². The molecule has 1 aliphatic rings. The van der Waals surface area contributed by atoms with Crippen LogP contribution in [-0.2, 0) is 14.3 Å². The van der Waals surface area contributed by atoms with Crippen molar-refractivity contribution in [1.29, 1.82) is 0 Å². The lowest BCUT2D eigenvalue weighted by Gasteiger charge is -2.26. The minimum absolute atomic E-state index is 0.0484. The van der Waals surface area contributed by atoms with Gasteiger partial charge in [-0.15, -0.1) is 0 Å². The average Bonchev–Trinajstić information content (AvgIpc) is 2.66. The Kier molecular flexibility index (Phi) is 5.37. The quantitative estimate of drug-likeness (QED) is 0.774. The summed E-state index contributed by atoms with van der Waals surface area (Å²) < 4.78 is 10.8. The van der Waals surface area contributed by atoms with E-state index in [9.17, 15) is 9.59 Å². The molecule has 0 aromatic heterocycles. The smallest absolute Gasteiger partial charge is 0.338 e. The van der Waals surface area contributed by atoms with E-state index < -0.39 is 5.97 Å². The minimum atomic E-state index is -0.537. The number of carbonyl (C=O) groups is 2. The molecule has 5 nitrogen and oxygen atoms in total. The SMILES string of the molecule is CC(C)N(C(=O)COC(=O)C1=Cc2ccccc2OC1)c1ccccc1. The fourth-order valence-electron chi connectivity index (χ4n) is 2.84. The monoisotopic (exact) mass is 351 g/mol. The molecule has 0 unspecified atom stereocenters. The maximum Gasteiger partial charge on any atom is 0.338 e. The minimum Gasteiger partial charge on any atom is -0.488 e. The van der Waals surface area contributed by atoms with Crippen molar-refractivity contribution in [3.63, 3.8) is 0 Å². The molecule has 3 rings (SSSR count). The van der Waals surface area contributed by atoms with Crippen molar-refractivity contribution >= 4 is 23.6 Å². The van der Waals surface area contributed by atoms with Crippen molar-refractivity contribution in [1.82, 2.24) is 0 Å². The number of para-hydroxylation sites is 2. The summed E-state index contributed by atoms with van der Waals surface area (Å²) in [6.07, 6.45) is 1.74. The number of hydrogen-bond donors (Lipinski definition) is 0. The number of fused-ring (bicyclic) bond motifs is 1. The van der Waals surface area contributed by atoms with E-state index in [1.165, 1.54) is 0 Å². The van der Waals surface area contributed by atoms with Gasteiger partial charge in [-0.2, -0.15) is 0 Å². The number of esters is 1. The summed E-state index contributed by atoms with van der Waals surface area (Å²) in [6.45, 7) is 3.66. The van der Waals surface area contributed by atoms with Gasteiger partial charge in [0.1, 0.15) is 12.4 Å². The fraction of sp³-hybridized carbons (Fsp3) is 0.238. The molecule has 0 spiro atoms. The molecule has 1 heterocycles. The van der Waals surface area contributed by atoms with Crippen LogP contribution in [0.15, 0.2) is 60.2 Å². The van der Waals surface area contributed by atoms with E-state index in [-0.39, 0.29) is 25.2 Å². The lowest BCUT2D eigenvalue weighted by molar-refractivity contribution is -0.144. The molecule has 2 aromatic carbocycles. The largest absolute Gasteiger partial charge is 0.488 e. The molecule has 0 saturated heterocycles. The van der Waals surface area contributed by atoms with Gasteiger partial charge in [0, 0.05) is 17.3 Å². The standard InChI is InChI=1S/C21H21NO4/c1-15(2)22(18-9-4-3-5-10-18)20(23)14-26-21(24)17-12-16-8-6-7-11-19(16)25-13-17/h3-12,15H,13-14H2,1-2H3. The van der Waals surface area contributed by atoms with Crippen LogP contribution >= 0.6 is 0 Å². The van der Waals surface area contributed by atoms with E-state index in [4.69, 9.17) is 9.47 Å². The summed E-state index contributed by atoms with van der Waals surface area (Å²) in [7, 11) is 0. The van der Waals surface area contributed by atoms with Crippen LogP contribution in [-0.4, -0.2) is 31.1 Å². The predicted octanol–water partition coefficient (Wildman–Crippen LogP) is 3.45. The van der Waals surface area contributed by atoms with Gasteiger partial charge in [-0.3, -0.25) is 4.79 Å². The zero-order valence-corrected chi connectivity index (χ0v) is 14.8. The van der Waals surface area contributed by atoms with E-state index in [1.54, 1.807) is 11.0 Å². The highest BCUT2D eigenvalue weighted by Crippen LogP contribution is 2.26. The average molecular weight is 351 g/mol. The zero-order chi connectivity index (χ0) is 18.5. The first kappa shape index (κ1) is 17.7. The molecule has 0 aliphatic carbocycles. The number of benzene rings is 2. The summed E-state index contributed by atoms with van der Waals surface area (Å²) in [6, 6.07) is 16.7. The molecule has 0 N–H and O–H groups in total. The molecular weight excluding hydrogens is 330 g/mol. The molecule has 2 aromatic rings. The van der Waals surface area contributed by atoms with Crippen LogP contribution < -0.4 is 9.64 Å². The Labute approximate surface area is 152 Å². The first-order valence-corrected chi connectivity index (χ1v) is 8.53. The van der Waals surface area contributed by atoms with Crippen LogP contribution in [0.2, 0.25) is 0 Å². The second-order valence-corrected chi connectivity index (χ2v) is 6.27. The van der Waals surface area contributed by atoms with E-state index in [1.807, 2.05) is 68.4 Å². The summed E-state index contributed by atoms with van der Waals surface area (Å²) in [5.74, 6) is -0.0721. The van der Waals surface area contributed by atoms with Gasteiger partial charge >= 0.3 is 5.97 Å². The van der Waals surface area contributed by atoms with Crippen molar-refractivity contribution in [2.45, 2.75) is 19.9 Å². The van der Waals surface area contributed by atoms with Gasteiger partial charge in [-0.05, 0) is 38.1 Å². The number of hydrogen-bond acceptors (Lipinski definition) is 4. The second kappa shape index (κ2) is 7.87. The number of rotatable bonds is 5. The number of anilines is 1. The van der Waals surface area contributed by atoms with Gasteiger partial charge in [0.15, 0.2) is 6.61 Å². The predicted molar refractivity (Wildman–Crippen MR) is 99.9 cm³/mol. The zero-order valence-electron chi connectivity index (χ0n) is 14.8. The number of nitrogens with zero attached hydrogens (tertiary/aromatic N) is 1. The third kappa shape index (κ3) is 3.94. The third-order valence-corrected chi connectivity index (χ3v) is 4.04. The molecule has 0 bridgehead atoms. The molecule has 0 radical (unpaired) electrons. The van der Waals surface area contributed by atoms with Gasteiger partial charge in [0.25, 0.3) is 5.91 Å². The Balaban J connectivity index is 1.66. The lowest BCUT2D eigenvalue weighted by atomic mass is 10.1. The molecule has 0 saturated carbocycles. The maximum atomic E-state index is 12.6. The second-order valence-electron chi connectivity index (χ2n) is 6.27. The van der Waals surface area contributed by atoms with Gasteiger partial charge in [-0.1, -0.05) is 36.4 Å². The highest BCUT2D eigenvalue weighted by atomic mass is 16.5. The van der Waals surface area contributed by atoms with Crippen molar-refractivity contribution in [3.8, 4) is 5.75 Å². The van der Waals surface area contributed by atoms with Crippen LogP contribution in [0.1, 0.15) is 19.4 Å². The van der Waals surface area contributed by atoms with E-state index in [0.29, 0.717) is 5.57 Å². The summed E-state index contributed by atoms with van der Waals surface area (Å²) in [5, 5.41) is 0. The maximum absolute atomic E-state index is 12.6. The van der Waals surface area contributed by atoms with Crippen molar-refractivity contribution in [3.05, 3.63) is 65.7 Å². The summed E-state index contributed by atoms with van der Waals surface area (Å²) >= 11 is 0. The van der Waals surface area contributed by atoms with Crippen LogP contribution in [0.25, 0.3) is 6.08 Å². The topological polar surface area (TPSA) is 55.8 Å². The number of amides is 1. The van der Waals surface area contributed by atoms with Gasteiger partial charge in [0.05, 0.1) is 5.57 Å². The van der Waals surface area contributed by atoms with Crippen LogP contribution in [0.4, 0.5) is 5.69 Å². The van der Waals surface area contributed by atoms with Gasteiger partial charge in [-0.25, -0.2) is 4.79 Å². The lowest BCUT2D eigenvalue weighted by Crippen LogP contribution is -2.40. The summed E-state index contributed by atoms with van der Waals surface area (Å²) in [4.78, 5) is 26.5.